The van der Waals surface area contributed by atoms with E-state index in [2.05, 4.69) is 32.2 Å². The maximum atomic E-state index is 4.77. The fourth-order valence-corrected chi connectivity index (χ4v) is 2.28. The molecule has 3 nitrogen and oxygen atoms in total. The molecule has 2 rings (SSSR count). The Hall–Kier alpha value is -0.960. The van der Waals surface area contributed by atoms with Crippen molar-refractivity contribution < 1.29 is 0 Å². The molecule has 1 fully saturated rings. The average molecular weight is 233 g/mol. The van der Waals surface area contributed by atoms with Gasteiger partial charge in [-0.05, 0) is 44.3 Å². The first-order chi connectivity index (χ1) is 8.20. The molecule has 0 amide bonds. The lowest BCUT2D eigenvalue weighted by Gasteiger charge is -2.22. The van der Waals surface area contributed by atoms with Gasteiger partial charge in [0.05, 0.1) is 0 Å². The van der Waals surface area contributed by atoms with Crippen molar-refractivity contribution in [3.05, 3.63) is 23.3 Å². The zero-order chi connectivity index (χ0) is 12.3. The van der Waals surface area contributed by atoms with Crippen LogP contribution in [-0.4, -0.2) is 23.1 Å². The summed E-state index contributed by atoms with van der Waals surface area (Å²) >= 11 is 0. The van der Waals surface area contributed by atoms with Crippen LogP contribution in [0.3, 0.4) is 0 Å². The molecule has 0 radical (unpaired) electrons. The molecular formula is C14H23N3. The van der Waals surface area contributed by atoms with Crippen LogP contribution in [0.2, 0.25) is 0 Å². The molecule has 1 aromatic heterocycles. The molecule has 0 unspecified atom stereocenters. The molecule has 0 atom stereocenters. The highest BCUT2D eigenvalue weighted by molar-refractivity contribution is 5.16. The van der Waals surface area contributed by atoms with Crippen LogP contribution in [-0.2, 0) is 6.42 Å². The van der Waals surface area contributed by atoms with E-state index in [0.717, 1.165) is 25.3 Å². The van der Waals surface area contributed by atoms with Gasteiger partial charge in [-0.2, -0.15) is 0 Å². The first-order valence-corrected chi connectivity index (χ1v) is 6.79. The summed E-state index contributed by atoms with van der Waals surface area (Å²) in [6, 6.07) is 2.16. The highest BCUT2D eigenvalue weighted by Gasteiger charge is 2.19. The fraction of sp³-hybridized carbons (Fsp3) is 0.714. The summed E-state index contributed by atoms with van der Waals surface area (Å²) in [6.45, 7) is 8.77. The lowest BCUT2D eigenvalue weighted by molar-refractivity contribution is 0.442. The van der Waals surface area contributed by atoms with Crippen LogP contribution in [0, 0.1) is 0 Å². The average Bonchev–Trinajstić information content (AvgIpc) is 2.39. The maximum Gasteiger partial charge on any atom is 0.132 e. The van der Waals surface area contributed by atoms with E-state index >= 15 is 0 Å². The van der Waals surface area contributed by atoms with Crippen LogP contribution < -0.4 is 5.32 Å². The second-order valence-electron chi connectivity index (χ2n) is 5.17. The minimum atomic E-state index is 0.490. The van der Waals surface area contributed by atoms with Crippen LogP contribution in [0.25, 0.3) is 0 Å². The van der Waals surface area contributed by atoms with Crippen LogP contribution in [0.15, 0.2) is 6.07 Å². The van der Waals surface area contributed by atoms with Crippen molar-refractivity contribution in [1.82, 2.24) is 15.3 Å². The highest BCUT2D eigenvalue weighted by Crippen LogP contribution is 2.24. The van der Waals surface area contributed by atoms with Crippen molar-refractivity contribution in [2.24, 2.45) is 0 Å². The second kappa shape index (κ2) is 5.58. The van der Waals surface area contributed by atoms with E-state index in [1.807, 2.05) is 0 Å². The number of nitrogens with one attached hydrogen (secondary N) is 1. The number of rotatable bonds is 3. The Balaban J connectivity index is 2.28. The minimum Gasteiger partial charge on any atom is -0.317 e. The molecule has 1 aliphatic rings. The van der Waals surface area contributed by atoms with Gasteiger partial charge in [-0.3, -0.25) is 0 Å². The quantitative estimate of drug-likeness (QED) is 0.872. The summed E-state index contributed by atoms with van der Waals surface area (Å²) in [5, 5.41) is 3.39. The van der Waals surface area contributed by atoms with Crippen LogP contribution in [0.1, 0.15) is 62.7 Å². The largest absolute Gasteiger partial charge is 0.317 e. The number of aryl methyl sites for hydroxylation is 1. The number of hydrogen-bond donors (Lipinski definition) is 1. The van der Waals surface area contributed by atoms with E-state index in [0.29, 0.717) is 11.8 Å². The van der Waals surface area contributed by atoms with Crippen molar-refractivity contribution in [3.63, 3.8) is 0 Å². The van der Waals surface area contributed by atoms with Gasteiger partial charge < -0.3 is 5.32 Å². The standard InChI is InChI=1S/C14H23N3/c1-4-12-9-13(10(2)3)17-14(16-12)11-5-7-15-8-6-11/h9-11,15H,4-8H2,1-3H3. The molecule has 1 saturated heterocycles. The van der Waals surface area contributed by atoms with E-state index in [-0.39, 0.29) is 0 Å². The van der Waals surface area contributed by atoms with Gasteiger partial charge in [0.2, 0.25) is 0 Å². The Kier molecular flexibility index (Phi) is 4.11. The Morgan fingerprint density at radius 3 is 2.59 bits per heavy atom. The normalized spacial score (nSPS) is 17.6. The first kappa shape index (κ1) is 12.5. The number of aromatic nitrogens is 2. The van der Waals surface area contributed by atoms with Gasteiger partial charge in [-0.25, -0.2) is 9.97 Å². The third kappa shape index (κ3) is 3.03. The van der Waals surface area contributed by atoms with Gasteiger partial charge in [0.15, 0.2) is 0 Å². The Morgan fingerprint density at radius 2 is 2.00 bits per heavy atom. The zero-order valence-electron chi connectivity index (χ0n) is 11.2. The summed E-state index contributed by atoms with van der Waals surface area (Å²) < 4.78 is 0. The Bertz CT molecular complexity index is 368. The Morgan fingerprint density at radius 1 is 1.29 bits per heavy atom. The van der Waals surface area contributed by atoms with E-state index in [1.165, 1.54) is 24.2 Å². The summed E-state index contributed by atoms with van der Waals surface area (Å²) in [7, 11) is 0. The molecule has 1 aromatic rings. The van der Waals surface area contributed by atoms with Crippen LogP contribution in [0.5, 0.6) is 0 Å². The maximum absolute atomic E-state index is 4.77. The SMILES string of the molecule is CCc1cc(C(C)C)nc(C2CCNCC2)n1. The molecule has 0 bridgehead atoms. The van der Waals surface area contributed by atoms with Crippen LogP contribution in [0.4, 0.5) is 0 Å². The topological polar surface area (TPSA) is 37.8 Å². The third-order valence-corrected chi connectivity index (χ3v) is 3.47. The predicted molar refractivity (Wildman–Crippen MR) is 70.3 cm³/mol. The third-order valence-electron chi connectivity index (χ3n) is 3.47. The van der Waals surface area contributed by atoms with E-state index in [4.69, 9.17) is 9.97 Å². The smallest absolute Gasteiger partial charge is 0.132 e. The van der Waals surface area contributed by atoms with Crippen LogP contribution >= 0.6 is 0 Å². The first-order valence-electron chi connectivity index (χ1n) is 6.79. The number of nitrogens with zero attached hydrogens (tertiary/aromatic N) is 2. The van der Waals surface area contributed by atoms with Crippen molar-refractivity contribution in [2.75, 3.05) is 13.1 Å². The predicted octanol–water partition coefficient (Wildman–Crippen LogP) is 2.63. The lowest BCUT2D eigenvalue weighted by atomic mass is 9.96. The van der Waals surface area contributed by atoms with Crippen molar-refractivity contribution in [1.29, 1.82) is 0 Å². The molecule has 1 N–H and O–H groups in total. The fourth-order valence-electron chi connectivity index (χ4n) is 2.28. The second-order valence-corrected chi connectivity index (χ2v) is 5.17. The molecule has 0 saturated carbocycles. The molecule has 2 heterocycles. The Labute approximate surface area is 104 Å². The summed E-state index contributed by atoms with van der Waals surface area (Å²) in [5.74, 6) is 2.12. The molecule has 0 aliphatic carbocycles. The lowest BCUT2D eigenvalue weighted by Crippen LogP contribution is -2.27. The molecule has 3 heteroatoms. The van der Waals surface area contributed by atoms with E-state index in [9.17, 15) is 0 Å². The number of hydrogen-bond acceptors (Lipinski definition) is 3. The molecule has 1 aliphatic heterocycles. The summed E-state index contributed by atoms with van der Waals surface area (Å²) in [5.41, 5.74) is 2.39. The molecule has 0 aromatic carbocycles. The molecule has 94 valence electrons. The highest BCUT2D eigenvalue weighted by atomic mass is 14.9. The van der Waals surface area contributed by atoms with Gasteiger partial charge in [0.25, 0.3) is 0 Å². The van der Waals surface area contributed by atoms with Gasteiger partial charge in [0, 0.05) is 17.3 Å². The molecule has 17 heavy (non-hydrogen) atoms. The van der Waals surface area contributed by atoms with Gasteiger partial charge in [0.1, 0.15) is 5.82 Å². The van der Waals surface area contributed by atoms with Crippen molar-refractivity contribution in [2.45, 2.75) is 51.9 Å². The van der Waals surface area contributed by atoms with Gasteiger partial charge in [-0.15, -0.1) is 0 Å². The van der Waals surface area contributed by atoms with Gasteiger partial charge in [-0.1, -0.05) is 20.8 Å². The zero-order valence-corrected chi connectivity index (χ0v) is 11.2. The minimum absolute atomic E-state index is 0.490. The van der Waals surface area contributed by atoms with E-state index < -0.39 is 0 Å². The van der Waals surface area contributed by atoms with Crippen molar-refractivity contribution >= 4 is 0 Å². The molecule has 0 spiro atoms. The summed E-state index contributed by atoms with van der Waals surface area (Å²) in [4.78, 5) is 9.48. The monoisotopic (exact) mass is 233 g/mol. The summed E-state index contributed by atoms with van der Waals surface area (Å²) in [6.07, 6.45) is 3.34. The molecular weight excluding hydrogens is 210 g/mol. The van der Waals surface area contributed by atoms with Crippen molar-refractivity contribution in [3.8, 4) is 0 Å². The number of piperidine rings is 1. The van der Waals surface area contributed by atoms with E-state index in [1.54, 1.807) is 0 Å². The van der Waals surface area contributed by atoms with Gasteiger partial charge >= 0.3 is 0 Å².